The van der Waals surface area contributed by atoms with Gasteiger partial charge in [0.25, 0.3) is 5.28 Å². The Morgan fingerprint density at radius 1 is 1.47 bits per heavy atom. The molecule has 5 heteroatoms. The lowest BCUT2D eigenvalue weighted by Gasteiger charge is -2.01. The Balaban J connectivity index is 2.16. The number of ether oxygens (including phenoxy) is 1. The number of nitrogens with zero attached hydrogens (tertiary/aromatic N) is 2. The van der Waals surface area contributed by atoms with Crippen LogP contribution in [-0.2, 0) is 6.42 Å². The zero-order valence-electron chi connectivity index (χ0n) is 8.11. The summed E-state index contributed by atoms with van der Waals surface area (Å²) in [6.07, 6.45) is 0.552. The molecule has 0 unspecified atom stereocenters. The molecular formula is C10H9ClN2O2. The molecule has 0 spiro atoms. The maximum atomic E-state index is 5.54. The maximum absolute atomic E-state index is 5.54. The standard InChI is InChI=1S/C10H9ClN2O2/c1-14-8-4-2-3-7(5-8)6-9-12-10(11)13-15-9/h2-5H,6H2,1H3. The van der Waals surface area contributed by atoms with Gasteiger partial charge in [-0.05, 0) is 34.5 Å². The number of rotatable bonds is 3. The fourth-order valence-electron chi connectivity index (χ4n) is 1.26. The van der Waals surface area contributed by atoms with Gasteiger partial charge < -0.3 is 9.26 Å². The second kappa shape index (κ2) is 4.31. The highest BCUT2D eigenvalue weighted by Gasteiger charge is 2.05. The Hall–Kier alpha value is -1.55. The van der Waals surface area contributed by atoms with Gasteiger partial charge in [0, 0.05) is 0 Å². The van der Waals surface area contributed by atoms with Crippen LogP contribution in [0.2, 0.25) is 5.28 Å². The van der Waals surface area contributed by atoms with Crippen molar-refractivity contribution in [3.63, 3.8) is 0 Å². The summed E-state index contributed by atoms with van der Waals surface area (Å²) >= 11 is 5.54. The second-order valence-corrected chi connectivity index (χ2v) is 3.32. The summed E-state index contributed by atoms with van der Waals surface area (Å²) in [5.41, 5.74) is 1.04. The summed E-state index contributed by atoms with van der Waals surface area (Å²) in [7, 11) is 1.63. The molecule has 0 amide bonds. The molecule has 78 valence electrons. The Morgan fingerprint density at radius 2 is 2.33 bits per heavy atom. The SMILES string of the molecule is COc1cccc(Cc2nc(Cl)no2)c1. The van der Waals surface area contributed by atoms with E-state index in [-0.39, 0.29) is 5.28 Å². The minimum atomic E-state index is 0.132. The van der Waals surface area contributed by atoms with Crippen LogP contribution in [0.5, 0.6) is 5.75 Å². The van der Waals surface area contributed by atoms with Crippen LogP contribution >= 0.6 is 11.6 Å². The molecule has 1 heterocycles. The molecule has 0 saturated carbocycles. The van der Waals surface area contributed by atoms with Crippen LogP contribution in [0, 0.1) is 0 Å². The summed E-state index contributed by atoms with van der Waals surface area (Å²) in [4.78, 5) is 3.91. The summed E-state index contributed by atoms with van der Waals surface area (Å²) in [6.45, 7) is 0. The van der Waals surface area contributed by atoms with Crippen molar-refractivity contribution in [2.45, 2.75) is 6.42 Å². The van der Waals surface area contributed by atoms with E-state index in [0.717, 1.165) is 11.3 Å². The predicted molar refractivity (Wildman–Crippen MR) is 55.1 cm³/mol. The van der Waals surface area contributed by atoms with E-state index in [4.69, 9.17) is 20.9 Å². The highest BCUT2D eigenvalue weighted by Crippen LogP contribution is 2.15. The third kappa shape index (κ3) is 2.47. The second-order valence-electron chi connectivity index (χ2n) is 2.99. The Kier molecular flexibility index (Phi) is 2.87. The Bertz CT molecular complexity index is 456. The summed E-state index contributed by atoms with van der Waals surface area (Å²) in [5, 5.41) is 3.64. The number of methoxy groups -OCH3 is 1. The van der Waals surface area contributed by atoms with Gasteiger partial charge >= 0.3 is 0 Å². The summed E-state index contributed by atoms with van der Waals surface area (Å²) in [6, 6.07) is 7.66. The quantitative estimate of drug-likeness (QED) is 0.803. The lowest BCUT2D eigenvalue weighted by atomic mass is 10.1. The van der Waals surface area contributed by atoms with Gasteiger partial charge in [-0.25, -0.2) is 0 Å². The molecule has 2 aromatic rings. The van der Waals surface area contributed by atoms with Crippen LogP contribution in [0.4, 0.5) is 0 Å². The van der Waals surface area contributed by atoms with E-state index in [0.29, 0.717) is 12.3 Å². The first-order valence-electron chi connectivity index (χ1n) is 4.39. The van der Waals surface area contributed by atoms with Gasteiger partial charge in [0.15, 0.2) is 0 Å². The molecule has 0 saturated heterocycles. The van der Waals surface area contributed by atoms with Gasteiger partial charge in [-0.1, -0.05) is 12.1 Å². The first-order chi connectivity index (χ1) is 7.28. The van der Waals surface area contributed by atoms with Gasteiger partial charge in [-0.15, -0.1) is 0 Å². The molecule has 15 heavy (non-hydrogen) atoms. The van der Waals surface area contributed by atoms with E-state index < -0.39 is 0 Å². The average Bonchev–Trinajstić information content (AvgIpc) is 2.64. The Morgan fingerprint density at radius 3 is 3.00 bits per heavy atom. The van der Waals surface area contributed by atoms with Crippen molar-refractivity contribution in [2.75, 3.05) is 7.11 Å². The van der Waals surface area contributed by atoms with Gasteiger partial charge in [0.05, 0.1) is 13.5 Å². The van der Waals surface area contributed by atoms with Gasteiger partial charge in [-0.2, -0.15) is 4.98 Å². The van der Waals surface area contributed by atoms with Crippen LogP contribution in [-0.4, -0.2) is 17.3 Å². The summed E-state index contributed by atoms with van der Waals surface area (Å²) < 4.78 is 10.0. The zero-order valence-corrected chi connectivity index (χ0v) is 8.86. The highest BCUT2D eigenvalue weighted by atomic mass is 35.5. The van der Waals surface area contributed by atoms with Crippen molar-refractivity contribution in [2.24, 2.45) is 0 Å². The fourth-order valence-corrected chi connectivity index (χ4v) is 1.39. The van der Waals surface area contributed by atoms with E-state index in [2.05, 4.69) is 10.1 Å². The molecule has 4 nitrogen and oxygen atoms in total. The number of hydrogen-bond donors (Lipinski definition) is 0. The summed E-state index contributed by atoms with van der Waals surface area (Å²) in [5.74, 6) is 1.30. The van der Waals surface area contributed by atoms with Crippen molar-refractivity contribution < 1.29 is 9.26 Å². The monoisotopic (exact) mass is 224 g/mol. The highest BCUT2D eigenvalue weighted by molar-refractivity contribution is 6.28. The average molecular weight is 225 g/mol. The predicted octanol–water partition coefficient (Wildman–Crippen LogP) is 2.32. The topological polar surface area (TPSA) is 48.2 Å². The van der Waals surface area contributed by atoms with E-state index >= 15 is 0 Å². The molecule has 0 radical (unpaired) electrons. The van der Waals surface area contributed by atoms with E-state index in [1.807, 2.05) is 24.3 Å². The van der Waals surface area contributed by atoms with Gasteiger partial charge in [0.2, 0.25) is 5.89 Å². The molecule has 1 aromatic carbocycles. The third-order valence-corrected chi connectivity index (χ3v) is 2.09. The van der Waals surface area contributed by atoms with Crippen LogP contribution < -0.4 is 4.74 Å². The molecule has 0 N–H and O–H groups in total. The van der Waals surface area contributed by atoms with Gasteiger partial charge in [-0.3, -0.25) is 0 Å². The van der Waals surface area contributed by atoms with Crippen LogP contribution in [0.1, 0.15) is 11.5 Å². The number of benzene rings is 1. The molecule has 0 aliphatic carbocycles. The molecular weight excluding hydrogens is 216 g/mol. The van der Waals surface area contributed by atoms with Crippen LogP contribution in [0.25, 0.3) is 0 Å². The van der Waals surface area contributed by atoms with Crippen molar-refractivity contribution in [1.82, 2.24) is 10.1 Å². The van der Waals surface area contributed by atoms with Crippen molar-refractivity contribution in [3.05, 3.63) is 41.0 Å². The third-order valence-electron chi connectivity index (χ3n) is 1.93. The van der Waals surface area contributed by atoms with E-state index in [1.54, 1.807) is 7.11 Å². The smallest absolute Gasteiger partial charge is 0.263 e. The molecule has 0 atom stereocenters. The van der Waals surface area contributed by atoms with E-state index in [1.165, 1.54) is 0 Å². The number of halogens is 1. The number of aromatic nitrogens is 2. The van der Waals surface area contributed by atoms with Crippen LogP contribution in [0.3, 0.4) is 0 Å². The number of hydrogen-bond acceptors (Lipinski definition) is 4. The molecule has 0 fully saturated rings. The van der Waals surface area contributed by atoms with Crippen molar-refractivity contribution in [1.29, 1.82) is 0 Å². The lowest BCUT2D eigenvalue weighted by Crippen LogP contribution is -1.89. The van der Waals surface area contributed by atoms with Crippen molar-refractivity contribution >= 4 is 11.6 Å². The normalized spacial score (nSPS) is 10.3. The fraction of sp³-hybridized carbons (Fsp3) is 0.200. The molecule has 0 bridgehead atoms. The van der Waals surface area contributed by atoms with E-state index in [9.17, 15) is 0 Å². The largest absolute Gasteiger partial charge is 0.497 e. The lowest BCUT2D eigenvalue weighted by molar-refractivity contribution is 0.384. The van der Waals surface area contributed by atoms with Crippen LogP contribution in [0.15, 0.2) is 28.8 Å². The molecule has 0 aliphatic heterocycles. The zero-order chi connectivity index (χ0) is 10.7. The minimum Gasteiger partial charge on any atom is -0.497 e. The van der Waals surface area contributed by atoms with Crippen molar-refractivity contribution in [3.8, 4) is 5.75 Å². The maximum Gasteiger partial charge on any atom is 0.263 e. The molecule has 1 aromatic heterocycles. The molecule has 0 aliphatic rings. The molecule has 2 rings (SSSR count). The first-order valence-corrected chi connectivity index (χ1v) is 4.77. The first kappa shape index (κ1) is 9.98. The Labute approximate surface area is 91.8 Å². The van der Waals surface area contributed by atoms with Gasteiger partial charge in [0.1, 0.15) is 5.75 Å². The minimum absolute atomic E-state index is 0.132.